The molecular weight excluding hydrogens is 196 g/mol. The predicted octanol–water partition coefficient (Wildman–Crippen LogP) is 2.30. The Hall–Kier alpha value is -1.32. The van der Waals surface area contributed by atoms with Crippen molar-refractivity contribution in [2.24, 2.45) is 5.92 Å². The van der Waals surface area contributed by atoms with Crippen LogP contribution in [0.15, 0.2) is 12.1 Å². The number of carboxylic acid groups (broad SMARTS) is 2. The molecule has 0 fully saturated rings. The minimum atomic E-state index is -1.49. The fourth-order valence-electron chi connectivity index (χ4n) is 1.32. The molecule has 0 rings (SSSR count). The van der Waals surface area contributed by atoms with E-state index in [0.29, 0.717) is 6.42 Å². The predicted molar refractivity (Wildman–Crippen MR) is 56.7 cm³/mol. The van der Waals surface area contributed by atoms with Gasteiger partial charge in [0.1, 0.15) is 0 Å². The van der Waals surface area contributed by atoms with Crippen molar-refractivity contribution in [3.05, 3.63) is 12.1 Å². The Kier molecular flexibility index (Phi) is 4.79. The van der Waals surface area contributed by atoms with Crippen LogP contribution in [0.1, 0.15) is 41.8 Å². The third kappa shape index (κ3) is 5.20. The molecule has 1 unspecified atom stereocenters. The van der Waals surface area contributed by atoms with Gasteiger partial charge >= 0.3 is 11.9 Å². The quantitative estimate of drug-likeness (QED) is 0.482. The van der Waals surface area contributed by atoms with Crippen molar-refractivity contribution in [3.8, 4) is 0 Å². The first kappa shape index (κ1) is 10.2. The Balaban J connectivity index is 4.67. The van der Waals surface area contributed by atoms with E-state index in [1.54, 1.807) is 0 Å². The summed E-state index contributed by atoms with van der Waals surface area (Å²) in [7, 11) is 0. The maximum absolute atomic E-state index is 10.9. The van der Waals surface area contributed by atoms with Crippen LogP contribution in [0.2, 0.25) is 0 Å². The first-order chi connectivity index (χ1) is 7.91. The summed E-state index contributed by atoms with van der Waals surface area (Å²) in [6, 6.07) is 0. The van der Waals surface area contributed by atoms with Gasteiger partial charge in [0.05, 0.1) is 8.66 Å². The van der Waals surface area contributed by atoms with E-state index in [1.165, 1.54) is 0 Å². The van der Waals surface area contributed by atoms with Gasteiger partial charge in [-0.3, -0.25) is 4.79 Å². The largest absolute Gasteiger partial charge is 0.481 e. The second-order valence-electron chi connectivity index (χ2n) is 3.46. The fraction of sp³-hybridized carbons (Fsp3) is 0.636. The molecule has 0 heterocycles. The van der Waals surface area contributed by atoms with E-state index in [2.05, 4.69) is 0 Å². The monoisotopic (exact) mass is 216 g/mol. The molecule has 0 saturated heterocycles. The molecule has 0 aromatic carbocycles. The highest BCUT2D eigenvalue weighted by Crippen LogP contribution is 2.18. The summed E-state index contributed by atoms with van der Waals surface area (Å²) < 4.78 is 14.0. The molecular formula is C11H18O4. The maximum Gasteiger partial charge on any atom is 0.331 e. The average molecular weight is 216 g/mol. The van der Waals surface area contributed by atoms with Crippen LogP contribution in [0.3, 0.4) is 0 Å². The highest BCUT2D eigenvalue weighted by Gasteiger charge is 2.24. The standard InChI is InChI=1S/C11H18O4/c1-3-4-5-6-7-9(11(14)15)8(2)10(12)13/h9H,2-7H2,1H3,(H,12,13)(H,14,15)/i2D2. The van der Waals surface area contributed by atoms with E-state index >= 15 is 0 Å². The Morgan fingerprint density at radius 3 is 2.40 bits per heavy atom. The van der Waals surface area contributed by atoms with E-state index < -0.39 is 30.0 Å². The molecule has 0 spiro atoms. The van der Waals surface area contributed by atoms with E-state index in [-0.39, 0.29) is 6.42 Å². The third-order valence-corrected chi connectivity index (χ3v) is 2.22. The topological polar surface area (TPSA) is 74.6 Å². The summed E-state index contributed by atoms with van der Waals surface area (Å²) in [5.41, 5.74) is -0.631. The van der Waals surface area contributed by atoms with E-state index in [1.807, 2.05) is 6.92 Å². The molecule has 4 nitrogen and oxygen atoms in total. The Morgan fingerprint density at radius 2 is 2.00 bits per heavy atom. The van der Waals surface area contributed by atoms with Crippen LogP contribution >= 0.6 is 0 Å². The molecule has 0 amide bonds. The molecule has 0 aromatic rings. The zero-order valence-corrected chi connectivity index (χ0v) is 8.82. The van der Waals surface area contributed by atoms with Gasteiger partial charge < -0.3 is 10.2 Å². The first-order valence-corrected chi connectivity index (χ1v) is 5.05. The smallest absolute Gasteiger partial charge is 0.331 e. The summed E-state index contributed by atoms with van der Waals surface area (Å²) in [6.07, 6.45) is 3.56. The van der Waals surface area contributed by atoms with Crippen molar-refractivity contribution in [2.45, 2.75) is 39.0 Å². The van der Waals surface area contributed by atoms with E-state index in [0.717, 1.165) is 19.3 Å². The molecule has 4 heteroatoms. The van der Waals surface area contributed by atoms with Gasteiger partial charge in [0, 0.05) is 5.57 Å². The minimum Gasteiger partial charge on any atom is -0.481 e. The SMILES string of the molecule is [2H]C([2H])=C(C(=O)O)C(CCCCCC)C(=O)O. The third-order valence-electron chi connectivity index (χ3n) is 2.22. The van der Waals surface area contributed by atoms with E-state index in [4.69, 9.17) is 13.0 Å². The second-order valence-corrected chi connectivity index (χ2v) is 3.46. The van der Waals surface area contributed by atoms with Crippen molar-refractivity contribution in [1.29, 1.82) is 0 Å². The molecule has 0 radical (unpaired) electrons. The zero-order chi connectivity index (χ0) is 13.4. The van der Waals surface area contributed by atoms with Gasteiger partial charge in [-0.25, -0.2) is 4.79 Å². The van der Waals surface area contributed by atoms with Crippen molar-refractivity contribution in [2.75, 3.05) is 0 Å². The van der Waals surface area contributed by atoms with E-state index in [9.17, 15) is 9.59 Å². The van der Waals surface area contributed by atoms with Crippen LogP contribution in [0, 0.1) is 5.92 Å². The van der Waals surface area contributed by atoms with Gasteiger partial charge in [-0.1, -0.05) is 39.1 Å². The lowest BCUT2D eigenvalue weighted by Gasteiger charge is -2.11. The van der Waals surface area contributed by atoms with Crippen molar-refractivity contribution >= 4 is 11.9 Å². The molecule has 0 aliphatic carbocycles. The first-order valence-electron chi connectivity index (χ1n) is 6.05. The van der Waals surface area contributed by atoms with Crippen molar-refractivity contribution in [1.82, 2.24) is 0 Å². The highest BCUT2D eigenvalue weighted by molar-refractivity contribution is 5.93. The summed E-state index contributed by atoms with van der Waals surface area (Å²) in [4.78, 5) is 21.8. The Morgan fingerprint density at radius 1 is 1.33 bits per heavy atom. The van der Waals surface area contributed by atoms with Gasteiger partial charge in [-0.05, 0) is 6.42 Å². The normalized spacial score (nSPS) is 13.7. The second kappa shape index (κ2) is 7.04. The number of hydrogen-bond acceptors (Lipinski definition) is 2. The lowest BCUT2D eigenvalue weighted by atomic mass is 9.94. The molecule has 86 valence electrons. The molecule has 0 aliphatic rings. The lowest BCUT2D eigenvalue weighted by Crippen LogP contribution is -2.20. The van der Waals surface area contributed by atoms with Crippen LogP contribution in [0.5, 0.6) is 0 Å². The van der Waals surface area contributed by atoms with Crippen molar-refractivity contribution in [3.63, 3.8) is 0 Å². The molecule has 0 aliphatic heterocycles. The molecule has 2 N–H and O–H groups in total. The molecule has 15 heavy (non-hydrogen) atoms. The Labute approximate surface area is 92.4 Å². The number of rotatable bonds is 8. The summed E-state index contributed by atoms with van der Waals surface area (Å²) >= 11 is 0. The van der Waals surface area contributed by atoms with Crippen molar-refractivity contribution < 1.29 is 22.5 Å². The Bertz CT molecular complexity index is 309. The minimum absolute atomic E-state index is 0.165. The van der Waals surface area contributed by atoms with Crippen LogP contribution < -0.4 is 0 Å². The number of carbonyl (C=O) groups is 2. The van der Waals surface area contributed by atoms with Crippen LogP contribution in [0.25, 0.3) is 0 Å². The van der Waals surface area contributed by atoms with Gasteiger partial charge in [-0.15, -0.1) is 0 Å². The van der Waals surface area contributed by atoms with Gasteiger partial charge in [0.15, 0.2) is 0 Å². The van der Waals surface area contributed by atoms with Crippen LogP contribution in [-0.4, -0.2) is 22.2 Å². The number of aliphatic carboxylic acids is 2. The highest BCUT2D eigenvalue weighted by atomic mass is 16.4. The lowest BCUT2D eigenvalue weighted by molar-refractivity contribution is -0.144. The molecule has 0 saturated carbocycles. The maximum atomic E-state index is 10.9. The van der Waals surface area contributed by atoms with Gasteiger partial charge in [-0.2, -0.15) is 0 Å². The zero-order valence-electron chi connectivity index (χ0n) is 10.8. The summed E-state index contributed by atoms with van der Waals surface area (Å²) in [5, 5.41) is 17.7. The van der Waals surface area contributed by atoms with Gasteiger partial charge in [0.25, 0.3) is 0 Å². The molecule has 0 aromatic heterocycles. The summed E-state index contributed by atoms with van der Waals surface area (Å²) in [6.45, 7) is 1.09. The number of carboxylic acids is 2. The number of hydrogen-bond donors (Lipinski definition) is 2. The molecule has 0 bridgehead atoms. The summed E-state index contributed by atoms with van der Waals surface area (Å²) in [5.74, 6) is -4.03. The number of unbranched alkanes of at least 4 members (excludes halogenated alkanes) is 3. The van der Waals surface area contributed by atoms with Crippen LogP contribution in [0.4, 0.5) is 0 Å². The fourth-order valence-corrected chi connectivity index (χ4v) is 1.32. The van der Waals surface area contributed by atoms with Crippen LogP contribution in [-0.2, 0) is 9.59 Å². The average Bonchev–Trinajstić information content (AvgIpc) is 2.20. The van der Waals surface area contributed by atoms with Gasteiger partial charge in [0.2, 0.25) is 0 Å². The molecule has 1 atom stereocenters.